The number of imidazole rings is 1. The van der Waals surface area contributed by atoms with Gasteiger partial charge in [0, 0.05) is 10.6 Å². The number of rotatable bonds is 2. The molecule has 0 fully saturated rings. The van der Waals surface area contributed by atoms with Gasteiger partial charge in [-0.3, -0.25) is 0 Å². The fourth-order valence-electron chi connectivity index (χ4n) is 0.645. The third-order valence-corrected chi connectivity index (χ3v) is 1.22. The Kier molecular flexibility index (Phi) is 1.92. The molecule has 0 atom stereocenters. The van der Waals surface area contributed by atoms with Crippen molar-refractivity contribution in [3.8, 4) is 0 Å². The molecule has 10 heavy (non-hydrogen) atoms. The van der Waals surface area contributed by atoms with Gasteiger partial charge in [0.15, 0.2) is 0 Å². The molecule has 0 unspecified atom stereocenters. The van der Waals surface area contributed by atoms with Crippen molar-refractivity contribution in [2.24, 2.45) is 5.11 Å². The van der Waals surface area contributed by atoms with E-state index in [1.165, 1.54) is 0 Å². The predicted molar refractivity (Wildman–Crippen MR) is 36.2 cm³/mol. The standard InChI is InChI=1S/C5H7N5/c1-4-5(2-9-10-6)8-3-7-4/h3H,2H2,1H3,(H,7,8). The summed E-state index contributed by atoms with van der Waals surface area (Å²) >= 11 is 0. The summed E-state index contributed by atoms with van der Waals surface area (Å²) in [6, 6.07) is 0. The molecule has 0 saturated heterocycles. The van der Waals surface area contributed by atoms with Crippen molar-refractivity contribution in [1.29, 1.82) is 0 Å². The molecule has 1 aromatic heterocycles. The van der Waals surface area contributed by atoms with Crippen LogP contribution < -0.4 is 0 Å². The van der Waals surface area contributed by atoms with Crippen LogP contribution in [0, 0.1) is 6.92 Å². The highest BCUT2D eigenvalue weighted by Gasteiger charge is 1.96. The number of aromatic amines is 1. The van der Waals surface area contributed by atoms with E-state index in [1.54, 1.807) is 6.33 Å². The summed E-state index contributed by atoms with van der Waals surface area (Å²) in [7, 11) is 0. The summed E-state index contributed by atoms with van der Waals surface area (Å²) in [5.41, 5.74) is 9.73. The van der Waals surface area contributed by atoms with E-state index in [0.29, 0.717) is 6.54 Å². The Balaban J connectivity index is 2.74. The second-order valence-electron chi connectivity index (χ2n) is 1.86. The zero-order valence-electron chi connectivity index (χ0n) is 5.57. The van der Waals surface area contributed by atoms with Crippen molar-refractivity contribution in [1.82, 2.24) is 9.97 Å². The molecule has 0 aliphatic carbocycles. The molecule has 1 heterocycles. The molecule has 0 amide bonds. The van der Waals surface area contributed by atoms with E-state index in [9.17, 15) is 0 Å². The van der Waals surface area contributed by atoms with Gasteiger partial charge in [0.25, 0.3) is 0 Å². The van der Waals surface area contributed by atoms with Gasteiger partial charge in [-0.15, -0.1) is 0 Å². The van der Waals surface area contributed by atoms with Crippen LogP contribution in [-0.4, -0.2) is 9.97 Å². The molecule has 1 aromatic rings. The summed E-state index contributed by atoms with van der Waals surface area (Å²) in [6.45, 7) is 2.21. The quantitative estimate of drug-likeness (QED) is 0.374. The highest BCUT2D eigenvalue weighted by atomic mass is 15.1. The second-order valence-corrected chi connectivity index (χ2v) is 1.86. The van der Waals surface area contributed by atoms with Gasteiger partial charge >= 0.3 is 0 Å². The van der Waals surface area contributed by atoms with Crippen molar-refractivity contribution >= 4 is 0 Å². The molecule has 0 spiro atoms. The summed E-state index contributed by atoms with van der Waals surface area (Å²) in [5, 5.41) is 3.37. The Morgan fingerprint density at radius 2 is 2.70 bits per heavy atom. The molecule has 0 aliphatic rings. The molecular formula is C5H7N5. The highest BCUT2D eigenvalue weighted by molar-refractivity contribution is 5.07. The highest BCUT2D eigenvalue weighted by Crippen LogP contribution is 2.01. The Hall–Kier alpha value is -1.48. The number of azide groups is 1. The zero-order chi connectivity index (χ0) is 7.40. The number of H-pyrrole nitrogens is 1. The lowest BCUT2D eigenvalue weighted by molar-refractivity contribution is 0.977. The van der Waals surface area contributed by atoms with E-state index in [4.69, 9.17) is 5.53 Å². The summed E-state index contributed by atoms with van der Waals surface area (Å²) in [6.07, 6.45) is 1.58. The molecule has 52 valence electrons. The van der Waals surface area contributed by atoms with Crippen LogP contribution in [-0.2, 0) is 6.54 Å². The molecule has 5 nitrogen and oxygen atoms in total. The normalized spacial score (nSPS) is 8.90. The van der Waals surface area contributed by atoms with Crippen molar-refractivity contribution < 1.29 is 0 Å². The van der Waals surface area contributed by atoms with Gasteiger partial charge < -0.3 is 4.98 Å². The molecule has 1 N–H and O–H groups in total. The lowest BCUT2D eigenvalue weighted by Crippen LogP contribution is -1.82. The summed E-state index contributed by atoms with van der Waals surface area (Å²) in [4.78, 5) is 9.44. The number of aryl methyl sites for hydroxylation is 1. The van der Waals surface area contributed by atoms with Crippen molar-refractivity contribution in [3.63, 3.8) is 0 Å². The van der Waals surface area contributed by atoms with Crippen molar-refractivity contribution in [2.45, 2.75) is 13.5 Å². The third-order valence-electron chi connectivity index (χ3n) is 1.22. The number of hydrogen-bond acceptors (Lipinski definition) is 2. The van der Waals surface area contributed by atoms with Gasteiger partial charge in [-0.25, -0.2) is 4.98 Å². The first kappa shape index (κ1) is 6.64. The Morgan fingerprint density at radius 3 is 3.20 bits per heavy atom. The topological polar surface area (TPSA) is 77.4 Å². The van der Waals surface area contributed by atoms with Crippen molar-refractivity contribution in [2.75, 3.05) is 0 Å². The van der Waals surface area contributed by atoms with Gasteiger partial charge in [-0.05, 0) is 12.5 Å². The average molecular weight is 137 g/mol. The number of nitrogens with one attached hydrogen (secondary N) is 1. The molecule has 0 saturated carbocycles. The minimum atomic E-state index is 0.325. The van der Waals surface area contributed by atoms with Gasteiger partial charge in [0.1, 0.15) is 0 Å². The third kappa shape index (κ3) is 1.27. The van der Waals surface area contributed by atoms with Crippen LogP contribution in [0.4, 0.5) is 0 Å². The minimum Gasteiger partial charge on any atom is -0.348 e. The maximum absolute atomic E-state index is 7.98. The maximum atomic E-state index is 7.98. The fraction of sp³-hybridized carbons (Fsp3) is 0.400. The van der Waals surface area contributed by atoms with Gasteiger partial charge in [0.05, 0.1) is 18.6 Å². The first-order valence-electron chi connectivity index (χ1n) is 2.84. The van der Waals surface area contributed by atoms with Crippen LogP contribution >= 0.6 is 0 Å². The van der Waals surface area contributed by atoms with E-state index < -0.39 is 0 Å². The molecular weight excluding hydrogens is 130 g/mol. The van der Waals surface area contributed by atoms with Gasteiger partial charge in [0.2, 0.25) is 0 Å². The second kappa shape index (κ2) is 2.89. The largest absolute Gasteiger partial charge is 0.348 e. The smallest absolute Gasteiger partial charge is 0.0925 e. The molecule has 0 bridgehead atoms. The first-order chi connectivity index (χ1) is 4.84. The lowest BCUT2D eigenvalue weighted by atomic mass is 10.3. The summed E-state index contributed by atoms with van der Waals surface area (Å²) in [5.74, 6) is 0. The van der Waals surface area contributed by atoms with Gasteiger partial charge in [-0.1, -0.05) is 5.11 Å². The van der Waals surface area contributed by atoms with Crippen LogP contribution in [0.1, 0.15) is 11.4 Å². The number of aromatic nitrogens is 2. The fourth-order valence-corrected chi connectivity index (χ4v) is 0.645. The van der Waals surface area contributed by atoms with Crippen LogP contribution in [0.15, 0.2) is 11.4 Å². The number of nitrogens with zero attached hydrogens (tertiary/aromatic N) is 4. The van der Waals surface area contributed by atoms with Crippen LogP contribution in [0.25, 0.3) is 10.4 Å². The van der Waals surface area contributed by atoms with Crippen LogP contribution in [0.5, 0.6) is 0 Å². The molecule has 1 rings (SSSR count). The predicted octanol–water partition coefficient (Wildman–Crippen LogP) is 1.53. The van der Waals surface area contributed by atoms with E-state index >= 15 is 0 Å². The molecule has 0 aromatic carbocycles. The Morgan fingerprint density at radius 1 is 1.90 bits per heavy atom. The SMILES string of the molecule is Cc1[nH]cnc1CN=[N+]=[N-]. The minimum absolute atomic E-state index is 0.325. The number of hydrogen-bond donors (Lipinski definition) is 1. The lowest BCUT2D eigenvalue weighted by Gasteiger charge is -1.87. The van der Waals surface area contributed by atoms with E-state index in [2.05, 4.69) is 20.0 Å². The van der Waals surface area contributed by atoms with E-state index in [-0.39, 0.29) is 0 Å². The van der Waals surface area contributed by atoms with Crippen molar-refractivity contribution in [3.05, 3.63) is 28.2 Å². The first-order valence-corrected chi connectivity index (χ1v) is 2.84. The molecule has 0 aliphatic heterocycles. The molecule has 0 radical (unpaired) electrons. The van der Waals surface area contributed by atoms with Crippen LogP contribution in [0.3, 0.4) is 0 Å². The van der Waals surface area contributed by atoms with Crippen LogP contribution in [0.2, 0.25) is 0 Å². The van der Waals surface area contributed by atoms with E-state index in [1.807, 2.05) is 6.92 Å². The summed E-state index contributed by atoms with van der Waals surface area (Å²) < 4.78 is 0. The zero-order valence-corrected chi connectivity index (χ0v) is 5.57. The maximum Gasteiger partial charge on any atom is 0.0925 e. The van der Waals surface area contributed by atoms with E-state index in [0.717, 1.165) is 11.4 Å². The van der Waals surface area contributed by atoms with Gasteiger partial charge in [-0.2, -0.15) is 0 Å². The average Bonchev–Trinajstić information content (AvgIpc) is 2.31. The molecule has 5 heteroatoms. The Labute approximate surface area is 57.7 Å². The monoisotopic (exact) mass is 137 g/mol. The Bertz CT molecular complexity index is 257.